The smallest absolute Gasteiger partial charge is 0.475 e. The molecule has 2 aliphatic rings. The fraction of sp³-hybridized carbons (Fsp3) is 0.611. The number of alkyl halides is 3. The lowest BCUT2D eigenvalue weighted by Crippen LogP contribution is -2.45. The van der Waals surface area contributed by atoms with Crippen LogP contribution < -0.4 is 0 Å². The molecule has 0 amide bonds. The number of aromatic nitrogens is 3. The van der Waals surface area contributed by atoms with E-state index in [0.29, 0.717) is 0 Å². The quantitative estimate of drug-likeness (QED) is 0.818. The third-order valence-corrected chi connectivity index (χ3v) is 5.97. The van der Waals surface area contributed by atoms with Gasteiger partial charge < -0.3 is 10.0 Å². The molecule has 4 rings (SSSR count). The van der Waals surface area contributed by atoms with E-state index in [2.05, 4.69) is 38.2 Å². The Morgan fingerprint density at radius 2 is 1.93 bits per heavy atom. The van der Waals surface area contributed by atoms with Gasteiger partial charge in [-0.1, -0.05) is 11.6 Å². The first-order chi connectivity index (χ1) is 13.3. The minimum absolute atomic E-state index is 0.762. The standard InChI is InChI=1S/C16H22N4S.C2HF3O2/c1-2-15(3-1)19-7-4-13(5-8-19)10-20-11-16(17-18-20)14-6-9-21-12-14;3-2(4,5)1(6)7/h6,9,11-13,15H,1-5,7-8,10H2;(H,6,7). The Morgan fingerprint density at radius 3 is 2.43 bits per heavy atom. The van der Waals surface area contributed by atoms with E-state index < -0.39 is 12.1 Å². The largest absolute Gasteiger partial charge is 0.490 e. The number of aliphatic carboxylic acids is 1. The van der Waals surface area contributed by atoms with Gasteiger partial charge in [-0.3, -0.25) is 4.68 Å². The van der Waals surface area contributed by atoms with Gasteiger partial charge in [-0.25, -0.2) is 4.79 Å². The Balaban J connectivity index is 0.000000279. The molecule has 6 nitrogen and oxygen atoms in total. The number of carbonyl (C=O) groups is 1. The SMILES string of the molecule is O=C(O)C(F)(F)F.c1cc(-c2cn(CC3CCN(C4CCC4)CC3)nn2)cs1. The topological polar surface area (TPSA) is 71.2 Å². The van der Waals surface area contributed by atoms with E-state index in [1.807, 2.05) is 4.68 Å². The van der Waals surface area contributed by atoms with E-state index in [4.69, 9.17) is 9.90 Å². The van der Waals surface area contributed by atoms with Crippen LogP contribution in [0.5, 0.6) is 0 Å². The molecule has 0 bridgehead atoms. The monoisotopic (exact) mass is 416 g/mol. The minimum Gasteiger partial charge on any atom is -0.475 e. The number of halogens is 3. The summed E-state index contributed by atoms with van der Waals surface area (Å²) in [5.41, 5.74) is 2.19. The molecule has 0 atom stereocenters. The number of piperidine rings is 1. The van der Waals surface area contributed by atoms with Crippen LogP contribution in [0.15, 0.2) is 23.0 Å². The lowest BCUT2D eigenvalue weighted by Gasteiger charge is -2.41. The highest BCUT2D eigenvalue weighted by Gasteiger charge is 2.38. The van der Waals surface area contributed by atoms with Crippen molar-refractivity contribution in [1.29, 1.82) is 0 Å². The average Bonchev–Trinajstić information content (AvgIpc) is 3.26. The summed E-state index contributed by atoms with van der Waals surface area (Å²) < 4.78 is 33.8. The first-order valence-corrected chi connectivity index (χ1v) is 10.2. The molecule has 28 heavy (non-hydrogen) atoms. The van der Waals surface area contributed by atoms with E-state index in [-0.39, 0.29) is 0 Å². The maximum absolute atomic E-state index is 10.6. The van der Waals surface area contributed by atoms with Gasteiger partial charge in [0.25, 0.3) is 0 Å². The minimum atomic E-state index is -5.08. The number of nitrogens with zero attached hydrogens (tertiary/aromatic N) is 4. The normalized spacial score (nSPS) is 19.0. The van der Waals surface area contributed by atoms with Crippen molar-refractivity contribution in [1.82, 2.24) is 19.9 Å². The van der Waals surface area contributed by atoms with Gasteiger partial charge in [-0.15, -0.1) is 5.10 Å². The van der Waals surface area contributed by atoms with Crippen LogP contribution in [0.1, 0.15) is 32.1 Å². The van der Waals surface area contributed by atoms with Gasteiger partial charge in [0.2, 0.25) is 0 Å². The molecule has 2 aromatic heterocycles. The second kappa shape index (κ2) is 9.04. The van der Waals surface area contributed by atoms with Gasteiger partial charge in [-0.2, -0.15) is 24.5 Å². The van der Waals surface area contributed by atoms with Crippen LogP contribution in [0, 0.1) is 5.92 Å². The lowest BCUT2D eigenvalue weighted by molar-refractivity contribution is -0.192. The molecule has 0 radical (unpaired) electrons. The molecule has 0 unspecified atom stereocenters. The van der Waals surface area contributed by atoms with Gasteiger partial charge in [-0.05, 0) is 56.1 Å². The number of hydrogen-bond acceptors (Lipinski definition) is 5. The van der Waals surface area contributed by atoms with E-state index in [1.54, 1.807) is 11.3 Å². The summed E-state index contributed by atoms with van der Waals surface area (Å²) >= 11 is 1.71. The maximum Gasteiger partial charge on any atom is 0.490 e. The highest BCUT2D eigenvalue weighted by atomic mass is 32.1. The summed E-state index contributed by atoms with van der Waals surface area (Å²) in [5.74, 6) is -1.99. The zero-order valence-electron chi connectivity index (χ0n) is 15.3. The van der Waals surface area contributed by atoms with Crippen molar-refractivity contribution in [2.24, 2.45) is 5.92 Å². The Labute approximate surface area is 165 Å². The van der Waals surface area contributed by atoms with Crippen molar-refractivity contribution >= 4 is 17.3 Å². The fourth-order valence-electron chi connectivity index (χ4n) is 3.45. The lowest BCUT2D eigenvalue weighted by atomic mass is 9.88. The molecule has 2 aromatic rings. The van der Waals surface area contributed by atoms with Crippen molar-refractivity contribution in [3.63, 3.8) is 0 Å². The average molecular weight is 416 g/mol. The van der Waals surface area contributed by atoms with Crippen molar-refractivity contribution in [3.8, 4) is 11.3 Å². The van der Waals surface area contributed by atoms with E-state index >= 15 is 0 Å². The molecule has 1 aliphatic carbocycles. The Morgan fingerprint density at radius 1 is 1.25 bits per heavy atom. The van der Waals surface area contributed by atoms with Crippen LogP contribution in [0.3, 0.4) is 0 Å². The first-order valence-electron chi connectivity index (χ1n) is 9.30. The summed E-state index contributed by atoms with van der Waals surface area (Å²) in [6.07, 6.45) is 3.93. The van der Waals surface area contributed by atoms with Gasteiger partial charge >= 0.3 is 12.1 Å². The summed E-state index contributed by atoms with van der Waals surface area (Å²) in [5, 5.41) is 19.9. The Kier molecular flexibility index (Phi) is 6.71. The number of carboxylic acids is 1. The molecule has 154 valence electrons. The zero-order valence-corrected chi connectivity index (χ0v) is 16.1. The molecule has 1 aliphatic heterocycles. The molecule has 10 heteroatoms. The van der Waals surface area contributed by atoms with Crippen molar-refractivity contribution in [3.05, 3.63) is 23.0 Å². The molecule has 0 aromatic carbocycles. The van der Waals surface area contributed by atoms with Crippen LogP contribution in [0.2, 0.25) is 0 Å². The number of thiophene rings is 1. The predicted molar refractivity (Wildman–Crippen MR) is 99.0 cm³/mol. The molecular weight excluding hydrogens is 393 g/mol. The number of hydrogen-bond donors (Lipinski definition) is 1. The molecule has 1 N–H and O–H groups in total. The van der Waals surface area contributed by atoms with Crippen molar-refractivity contribution in [2.45, 2.75) is 50.9 Å². The third kappa shape index (κ3) is 5.54. The summed E-state index contributed by atoms with van der Waals surface area (Å²) in [6.45, 7) is 3.58. The highest BCUT2D eigenvalue weighted by molar-refractivity contribution is 7.08. The molecular formula is C18H23F3N4O2S. The molecule has 0 spiro atoms. The van der Waals surface area contributed by atoms with E-state index in [9.17, 15) is 13.2 Å². The second-order valence-corrected chi connectivity index (χ2v) is 7.98. The van der Waals surface area contributed by atoms with Crippen molar-refractivity contribution < 1.29 is 23.1 Å². The van der Waals surface area contributed by atoms with Crippen LogP contribution in [-0.4, -0.2) is 56.3 Å². The second-order valence-electron chi connectivity index (χ2n) is 7.20. The fourth-order valence-corrected chi connectivity index (χ4v) is 4.10. The van der Waals surface area contributed by atoms with Gasteiger partial charge in [0.05, 0.1) is 6.20 Å². The number of rotatable bonds is 4. The summed E-state index contributed by atoms with van der Waals surface area (Å²) in [6, 6.07) is 3.01. The van der Waals surface area contributed by atoms with Crippen LogP contribution in [0.25, 0.3) is 11.3 Å². The molecule has 1 saturated carbocycles. The third-order valence-electron chi connectivity index (χ3n) is 5.28. The van der Waals surface area contributed by atoms with Gasteiger partial charge in [0.1, 0.15) is 5.69 Å². The molecule has 1 saturated heterocycles. The van der Waals surface area contributed by atoms with Crippen molar-refractivity contribution in [2.75, 3.05) is 13.1 Å². The van der Waals surface area contributed by atoms with Crippen LogP contribution in [-0.2, 0) is 11.3 Å². The van der Waals surface area contributed by atoms with Crippen LogP contribution in [0.4, 0.5) is 13.2 Å². The summed E-state index contributed by atoms with van der Waals surface area (Å²) in [4.78, 5) is 11.6. The zero-order chi connectivity index (χ0) is 20.1. The van der Waals surface area contributed by atoms with Gasteiger partial charge in [0.15, 0.2) is 0 Å². The maximum atomic E-state index is 10.6. The van der Waals surface area contributed by atoms with Crippen LogP contribution >= 0.6 is 11.3 Å². The Bertz CT molecular complexity index is 751. The predicted octanol–water partition coefficient (Wildman–Crippen LogP) is 3.90. The highest BCUT2D eigenvalue weighted by Crippen LogP contribution is 2.29. The molecule has 2 fully saturated rings. The van der Waals surface area contributed by atoms with E-state index in [1.165, 1.54) is 50.8 Å². The van der Waals surface area contributed by atoms with E-state index in [0.717, 1.165) is 24.2 Å². The molecule has 3 heterocycles. The number of likely N-dealkylation sites (tertiary alicyclic amines) is 1. The van der Waals surface area contributed by atoms with Gasteiger partial charge in [0, 0.05) is 23.5 Å². The summed E-state index contributed by atoms with van der Waals surface area (Å²) in [7, 11) is 0. The number of carboxylic acid groups (broad SMARTS) is 1. The first kappa shape index (κ1) is 20.8. The Hall–Kier alpha value is -1.94.